The Labute approximate surface area is 219 Å². The highest BCUT2D eigenvalue weighted by Gasteiger charge is 2.34. The maximum Gasteiger partial charge on any atom is 0.309 e. The molecule has 3 amide bonds. The highest BCUT2D eigenvalue weighted by Crippen LogP contribution is 2.24. The van der Waals surface area contributed by atoms with Crippen LogP contribution in [-0.2, 0) is 23.9 Å². The van der Waals surface area contributed by atoms with Crippen molar-refractivity contribution in [3.05, 3.63) is 12.2 Å². The zero-order chi connectivity index (χ0) is 25.8. The summed E-state index contributed by atoms with van der Waals surface area (Å²) in [6.07, 6.45) is 4.75. The molecule has 1 saturated heterocycles. The van der Waals surface area contributed by atoms with Crippen molar-refractivity contribution < 1.29 is 29.0 Å². The number of esters is 1. The number of rotatable bonds is 5. The minimum atomic E-state index is -1.18. The van der Waals surface area contributed by atoms with Crippen molar-refractivity contribution in [1.29, 1.82) is 0 Å². The zero-order valence-corrected chi connectivity index (χ0v) is 22.9. The molecule has 0 aromatic carbocycles. The number of amides is 3. The van der Waals surface area contributed by atoms with E-state index in [0.717, 1.165) is 5.75 Å². The molecule has 2 bridgehead atoms. The van der Waals surface area contributed by atoms with Gasteiger partial charge in [0.25, 0.3) is 0 Å². The van der Waals surface area contributed by atoms with E-state index in [4.69, 9.17) is 4.74 Å². The molecule has 0 aliphatic carbocycles. The minimum absolute atomic E-state index is 0.122. The Balaban J connectivity index is 2.46. The zero-order valence-electron chi connectivity index (χ0n) is 20.5. The van der Waals surface area contributed by atoms with Gasteiger partial charge in [0.15, 0.2) is 0 Å². The van der Waals surface area contributed by atoms with Crippen molar-refractivity contribution in [2.45, 2.75) is 76.3 Å². The van der Waals surface area contributed by atoms with Crippen LogP contribution in [0.4, 0.5) is 0 Å². The van der Waals surface area contributed by atoms with Gasteiger partial charge in [-0.1, -0.05) is 47.9 Å². The molecule has 4 N–H and O–H groups in total. The van der Waals surface area contributed by atoms with Crippen molar-refractivity contribution in [1.82, 2.24) is 16.0 Å². The van der Waals surface area contributed by atoms with Crippen LogP contribution in [0.5, 0.6) is 0 Å². The van der Waals surface area contributed by atoms with Crippen LogP contribution < -0.4 is 16.0 Å². The Hall–Kier alpha value is -1.37. The van der Waals surface area contributed by atoms with E-state index in [1.165, 1.54) is 10.8 Å². The lowest BCUT2D eigenvalue weighted by atomic mass is 9.92. The van der Waals surface area contributed by atoms with Gasteiger partial charge in [-0.3, -0.25) is 19.2 Å². The summed E-state index contributed by atoms with van der Waals surface area (Å²) in [4.78, 5) is 51.9. The summed E-state index contributed by atoms with van der Waals surface area (Å²) >= 11 is 1.55. The van der Waals surface area contributed by atoms with Crippen LogP contribution in [0.1, 0.15) is 46.0 Å². The third-order valence-corrected chi connectivity index (χ3v) is 9.05. The van der Waals surface area contributed by atoms with Gasteiger partial charge >= 0.3 is 5.97 Å². The fraction of sp³-hybridized carbons (Fsp3) is 0.739. The molecule has 0 aromatic rings. The second-order valence-electron chi connectivity index (χ2n) is 8.71. The van der Waals surface area contributed by atoms with Gasteiger partial charge < -0.3 is 25.8 Å². The fourth-order valence-corrected chi connectivity index (χ4v) is 6.36. The van der Waals surface area contributed by atoms with E-state index in [-0.39, 0.29) is 18.8 Å². The number of hydrogen-bond acceptors (Lipinski definition) is 9. The molecule has 6 atom stereocenters. The van der Waals surface area contributed by atoms with E-state index in [0.29, 0.717) is 30.8 Å². The number of carbonyl (C=O) groups is 4. The minimum Gasteiger partial charge on any atom is -0.457 e. The maximum absolute atomic E-state index is 13.3. The average Bonchev–Trinajstić information content (AvgIpc) is 2.81. The Bertz CT molecular complexity index is 769. The van der Waals surface area contributed by atoms with Gasteiger partial charge in [0, 0.05) is 11.5 Å². The molecule has 0 spiro atoms. The van der Waals surface area contributed by atoms with Crippen LogP contribution in [0.15, 0.2) is 12.2 Å². The van der Waals surface area contributed by atoms with Crippen molar-refractivity contribution in [3.8, 4) is 0 Å². The highest BCUT2D eigenvalue weighted by atomic mass is 33.1. The van der Waals surface area contributed by atoms with Crippen LogP contribution in [0, 0.1) is 5.92 Å². The highest BCUT2D eigenvalue weighted by molar-refractivity contribution is 8.76. The van der Waals surface area contributed by atoms with Crippen molar-refractivity contribution in [3.63, 3.8) is 0 Å². The SMILES string of the molecule is CC[C@@H](C)[C@H]1NC(=O)[C@H]2CSSCC/C=C/[C@H](CC(=O)N[C@H](CCSC)C(=O)N2)OC(=O)C[C@@H]1O. The molecule has 2 rings (SSSR count). The molecule has 35 heavy (non-hydrogen) atoms. The van der Waals surface area contributed by atoms with E-state index >= 15 is 0 Å². The van der Waals surface area contributed by atoms with E-state index < -0.39 is 54.0 Å². The van der Waals surface area contributed by atoms with Gasteiger partial charge in [0.1, 0.15) is 18.2 Å². The van der Waals surface area contributed by atoms with Crippen LogP contribution in [0.3, 0.4) is 0 Å². The second kappa shape index (κ2) is 15.7. The quantitative estimate of drug-likeness (QED) is 0.230. The topological polar surface area (TPSA) is 134 Å². The lowest BCUT2D eigenvalue weighted by Gasteiger charge is -2.31. The first-order chi connectivity index (χ1) is 16.7. The third-order valence-electron chi connectivity index (χ3n) is 5.96. The summed E-state index contributed by atoms with van der Waals surface area (Å²) in [5.74, 6) is -0.362. The Morgan fingerprint density at radius 3 is 2.63 bits per heavy atom. The van der Waals surface area contributed by atoms with E-state index in [1.54, 1.807) is 28.6 Å². The average molecular weight is 548 g/mol. The smallest absolute Gasteiger partial charge is 0.309 e. The van der Waals surface area contributed by atoms with E-state index in [1.807, 2.05) is 26.2 Å². The van der Waals surface area contributed by atoms with Gasteiger partial charge in [-0.05, 0) is 36.8 Å². The molecule has 2 aliphatic rings. The lowest BCUT2D eigenvalue weighted by Crippen LogP contribution is -2.58. The molecule has 198 valence electrons. The first-order valence-electron chi connectivity index (χ1n) is 11.9. The van der Waals surface area contributed by atoms with E-state index in [9.17, 15) is 24.3 Å². The predicted molar refractivity (Wildman–Crippen MR) is 142 cm³/mol. The van der Waals surface area contributed by atoms with E-state index in [2.05, 4.69) is 16.0 Å². The number of nitrogens with one attached hydrogen (secondary N) is 3. The molecule has 0 radical (unpaired) electrons. The standard InChI is InChI=1S/C23H37N3O6S3/c1-4-14(2)21-18(27)12-20(29)32-15-7-5-6-9-34-35-13-17(23(31)26-21)25-22(30)16(8-10-33-3)24-19(28)11-15/h5,7,14-18,21,27H,4,6,8-13H2,1-3H3,(H,24,28)(H,25,30)(H,26,31)/b7-5+/t14-,15-,16-,17-,18+,21-/m1/s1. The lowest BCUT2D eigenvalue weighted by molar-refractivity contribution is -0.151. The monoisotopic (exact) mass is 547 g/mol. The fourth-order valence-electron chi connectivity index (χ4n) is 3.74. The summed E-state index contributed by atoms with van der Waals surface area (Å²) in [6, 6.07) is -2.39. The molecule has 9 nitrogen and oxygen atoms in total. The van der Waals surface area contributed by atoms with Crippen LogP contribution >= 0.6 is 33.3 Å². The number of aliphatic hydroxyl groups excluding tert-OH is 1. The first-order valence-corrected chi connectivity index (χ1v) is 15.8. The molecule has 12 heteroatoms. The summed E-state index contributed by atoms with van der Waals surface area (Å²) in [7, 11) is 3.05. The summed E-state index contributed by atoms with van der Waals surface area (Å²) < 4.78 is 5.54. The third kappa shape index (κ3) is 10.3. The number of allylic oxidation sites excluding steroid dienone is 1. The molecular weight excluding hydrogens is 510 g/mol. The van der Waals surface area contributed by atoms with Gasteiger partial charge in [-0.25, -0.2) is 0 Å². The normalized spacial score (nSPS) is 31.5. The molecule has 2 heterocycles. The summed E-state index contributed by atoms with van der Waals surface area (Å²) in [5.41, 5.74) is 0. The summed E-state index contributed by atoms with van der Waals surface area (Å²) in [5, 5.41) is 19.3. The van der Waals surface area contributed by atoms with Gasteiger partial charge in [-0.15, -0.1) is 0 Å². The molecule has 1 fully saturated rings. The van der Waals surface area contributed by atoms with Crippen LogP contribution in [-0.4, -0.2) is 82.6 Å². The molecular formula is C23H37N3O6S3. The number of fused-ring (bicyclic) bond motifs is 7. The Morgan fingerprint density at radius 1 is 1.14 bits per heavy atom. The number of carbonyl (C=O) groups excluding carboxylic acids is 4. The van der Waals surface area contributed by atoms with Crippen LogP contribution in [0.2, 0.25) is 0 Å². The van der Waals surface area contributed by atoms with Gasteiger partial charge in [-0.2, -0.15) is 11.8 Å². The Morgan fingerprint density at radius 2 is 1.91 bits per heavy atom. The van der Waals surface area contributed by atoms with Crippen molar-refractivity contribution in [2.75, 3.05) is 23.5 Å². The predicted octanol–water partition coefficient (Wildman–Crippen LogP) is 1.65. The van der Waals surface area contributed by atoms with Crippen LogP contribution in [0.25, 0.3) is 0 Å². The Kier molecular flexibility index (Phi) is 13.4. The number of ether oxygens (including phenoxy) is 1. The van der Waals surface area contributed by atoms with Gasteiger partial charge in [0.05, 0.1) is 25.0 Å². The number of thioether (sulfide) groups is 1. The number of hydrogen-bond donors (Lipinski definition) is 4. The summed E-state index contributed by atoms with van der Waals surface area (Å²) in [6.45, 7) is 3.82. The second-order valence-corrected chi connectivity index (χ2v) is 12.3. The maximum atomic E-state index is 13.3. The number of aliphatic hydroxyl groups is 1. The molecule has 0 saturated carbocycles. The molecule has 2 aliphatic heterocycles. The van der Waals surface area contributed by atoms with Gasteiger partial charge in [0.2, 0.25) is 17.7 Å². The largest absolute Gasteiger partial charge is 0.457 e. The van der Waals surface area contributed by atoms with Crippen molar-refractivity contribution >= 4 is 57.0 Å². The molecule has 0 unspecified atom stereocenters. The first kappa shape index (κ1) is 29.9. The van der Waals surface area contributed by atoms with Crippen molar-refractivity contribution in [2.24, 2.45) is 5.92 Å². The molecule has 0 aromatic heterocycles.